The van der Waals surface area contributed by atoms with Gasteiger partial charge in [0.05, 0.1) is 5.56 Å². The highest BCUT2D eigenvalue weighted by molar-refractivity contribution is 6.31. The first kappa shape index (κ1) is 15.3. The highest BCUT2D eigenvalue weighted by atomic mass is 35.5. The van der Waals surface area contributed by atoms with E-state index in [4.69, 9.17) is 16.7 Å². The van der Waals surface area contributed by atoms with Crippen LogP contribution in [0.5, 0.6) is 5.75 Å². The molecule has 0 aliphatic heterocycles. The fraction of sp³-hybridized carbons (Fsp3) is 0.385. The molecule has 19 heavy (non-hydrogen) atoms. The van der Waals surface area contributed by atoms with Crippen molar-refractivity contribution in [2.45, 2.75) is 26.8 Å². The molecule has 0 saturated carbocycles. The molecule has 0 saturated heterocycles. The van der Waals surface area contributed by atoms with Crippen molar-refractivity contribution in [1.29, 1.82) is 0 Å². The van der Waals surface area contributed by atoms with Gasteiger partial charge in [0.1, 0.15) is 11.8 Å². The van der Waals surface area contributed by atoms with Crippen LogP contribution in [0.3, 0.4) is 0 Å². The number of hydrogen-bond donors (Lipinski definition) is 3. The van der Waals surface area contributed by atoms with Gasteiger partial charge < -0.3 is 15.5 Å². The number of phenols is 1. The van der Waals surface area contributed by atoms with Crippen molar-refractivity contribution in [2.75, 3.05) is 0 Å². The first-order valence-electron chi connectivity index (χ1n) is 5.65. The van der Waals surface area contributed by atoms with Gasteiger partial charge in [0.25, 0.3) is 5.91 Å². The monoisotopic (exact) mass is 285 g/mol. The highest BCUT2D eigenvalue weighted by Crippen LogP contribution is 2.24. The molecule has 5 nitrogen and oxygen atoms in total. The molecule has 1 aromatic carbocycles. The quantitative estimate of drug-likeness (QED) is 0.795. The first-order chi connectivity index (χ1) is 8.62. The van der Waals surface area contributed by atoms with Crippen LogP contribution in [0.25, 0.3) is 0 Å². The van der Waals surface area contributed by atoms with Crippen LogP contribution in [-0.2, 0) is 4.79 Å². The van der Waals surface area contributed by atoms with Crippen LogP contribution in [0, 0.1) is 5.41 Å². The van der Waals surface area contributed by atoms with Crippen LogP contribution >= 0.6 is 11.6 Å². The number of phenolic OH excluding ortho intramolecular Hbond substituents is 1. The molecule has 0 spiro atoms. The zero-order valence-corrected chi connectivity index (χ0v) is 11.7. The summed E-state index contributed by atoms with van der Waals surface area (Å²) in [6, 6.07) is 2.93. The smallest absolute Gasteiger partial charge is 0.326 e. The van der Waals surface area contributed by atoms with E-state index in [1.54, 1.807) is 20.8 Å². The topological polar surface area (TPSA) is 86.6 Å². The molecule has 0 unspecified atom stereocenters. The molecular formula is C13H16ClNO4. The predicted octanol–water partition coefficient (Wildman–Crippen LogP) is 2.27. The van der Waals surface area contributed by atoms with Crippen molar-refractivity contribution in [3.05, 3.63) is 28.8 Å². The van der Waals surface area contributed by atoms with Crippen molar-refractivity contribution in [3.63, 3.8) is 0 Å². The van der Waals surface area contributed by atoms with E-state index in [2.05, 4.69) is 5.32 Å². The lowest BCUT2D eigenvalue weighted by Gasteiger charge is -2.27. The van der Waals surface area contributed by atoms with Crippen LogP contribution in [0.4, 0.5) is 0 Å². The Morgan fingerprint density at radius 2 is 1.89 bits per heavy atom. The lowest BCUT2D eigenvalue weighted by molar-refractivity contribution is -0.142. The maximum absolute atomic E-state index is 12.0. The van der Waals surface area contributed by atoms with E-state index in [-0.39, 0.29) is 16.3 Å². The molecule has 0 aliphatic rings. The molecule has 1 aromatic rings. The summed E-state index contributed by atoms with van der Waals surface area (Å²) in [5.41, 5.74) is -0.710. The minimum atomic E-state index is -1.14. The van der Waals surface area contributed by atoms with Gasteiger partial charge in [0, 0.05) is 5.02 Å². The number of aromatic hydroxyl groups is 1. The number of carboxylic acids is 1. The average Bonchev–Trinajstić information content (AvgIpc) is 2.26. The van der Waals surface area contributed by atoms with E-state index < -0.39 is 23.3 Å². The van der Waals surface area contributed by atoms with Crippen molar-refractivity contribution in [3.8, 4) is 5.75 Å². The van der Waals surface area contributed by atoms with Crippen molar-refractivity contribution < 1.29 is 19.8 Å². The van der Waals surface area contributed by atoms with Gasteiger partial charge in [-0.1, -0.05) is 32.4 Å². The molecule has 0 aliphatic carbocycles. The van der Waals surface area contributed by atoms with Gasteiger partial charge in [0.2, 0.25) is 0 Å². The number of carbonyl (C=O) groups is 2. The molecule has 3 N–H and O–H groups in total. The number of hydrogen-bond acceptors (Lipinski definition) is 3. The minimum Gasteiger partial charge on any atom is -0.507 e. The molecule has 0 heterocycles. The number of aliphatic carboxylic acids is 1. The second-order valence-corrected chi connectivity index (χ2v) is 5.71. The molecule has 0 fully saturated rings. The van der Waals surface area contributed by atoms with Gasteiger partial charge in [-0.05, 0) is 23.6 Å². The number of rotatable bonds is 3. The molecule has 1 amide bonds. The average molecular weight is 286 g/mol. The SMILES string of the molecule is CC(C)(C)[C@@H](NC(=O)c1cc(Cl)ccc1O)C(=O)O. The Morgan fingerprint density at radius 1 is 1.32 bits per heavy atom. The molecule has 104 valence electrons. The summed E-state index contributed by atoms with van der Waals surface area (Å²) in [6.45, 7) is 5.09. The Labute approximate surface area is 116 Å². The van der Waals surface area contributed by atoms with E-state index in [1.165, 1.54) is 18.2 Å². The van der Waals surface area contributed by atoms with E-state index in [9.17, 15) is 14.7 Å². The zero-order chi connectivity index (χ0) is 14.8. The number of halogens is 1. The maximum atomic E-state index is 12.0. The third-order valence-electron chi connectivity index (χ3n) is 2.59. The lowest BCUT2D eigenvalue weighted by atomic mass is 9.86. The standard InChI is InChI=1S/C13H16ClNO4/c1-13(2,3)10(12(18)19)15-11(17)8-6-7(14)4-5-9(8)16/h4-6,10,16H,1-3H3,(H,15,17)(H,18,19)/t10-/m0/s1. The summed E-state index contributed by atoms with van der Waals surface area (Å²) in [5.74, 6) is -2.07. The minimum absolute atomic E-state index is 0.0528. The predicted molar refractivity (Wildman–Crippen MR) is 71.5 cm³/mol. The van der Waals surface area contributed by atoms with E-state index in [0.29, 0.717) is 0 Å². The normalized spacial score (nSPS) is 12.8. The van der Waals surface area contributed by atoms with E-state index in [1.807, 2.05) is 0 Å². The Kier molecular flexibility index (Phi) is 4.42. The van der Waals surface area contributed by atoms with Crippen molar-refractivity contribution in [1.82, 2.24) is 5.32 Å². The number of carboxylic acid groups (broad SMARTS) is 1. The fourth-order valence-electron chi connectivity index (χ4n) is 1.55. The number of amides is 1. The van der Waals surface area contributed by atoms with Gasteiger partial charge >= 0.3 is 5.97 Å². The van der Waals surface area contributed by atoms with Crippen LogP contribution in [-0.4, -0.2) is 28.1 Å². The molecule has 0 aromatic heterocycles. The molecular weight excluding hydrogens is 270 g/mol. The summed E-state index contributed by atoms with van der Waals surface area (Å²) in [7, 11) is 0. The fourth-order valence-corrected chi connectivity index (χ4v) is 1.72. The maximum Gasteiger partial charge on any atom is 0.326 e. The van der Waals surface area contributed by atoms with Gasteiger partial charge in [-0.2, -0.15) is 0 Å². The van der Waals surface area contributed by atoms with Gasteiger partial charge in [-0.25, -0.2) is 4.79 Å². The van der Waals surface area contributed by atoms with Crippen LogP contribution < -0.4 is 5.32 Å². The first-order valence-corrected chi connectivity index (χ1v) is 6.03. The third kappa shape index (κ3) is 3.86. The summed E-state index contributed by atoms with van der Waals surface area (Å²) in [5, 5.41) is 21.4. The number of benzene rings is 1. The van der Waals surface area contributed by atoms with Crippen molar-refractivity contribution in [2.24, 2.45) is 5.41 Å². The summed E-state index contributed by atoms with van der Waals surface area (Å²) < 4.78 is 0. The summed E-state index contributed by atoms with van der Waals surface area (Å²) >= 11 is 5.74. The molecule has 0 radical (unpaired) electrons. The second-order valence-electron chi connectivity index (χ2n) is 5.27. The lowest BCUT2D eigenvalue weighted by Crippen LogP contribution is -2.49. The Balaban J connectivity index is 3.01. The summed E-state index contributed by atoms with van der Waals surface area (Å²) in [6.07, 6.45) is 0. The number of carbonyl (C=O) groups excluding carboxylic acids is 1. The summed E-state index contributed by atoms with van der Waals surface area (Å²) in [4.78, 5) is 23.1. The Hall–Kier alpha value is -1.75. The largest absolute Gasteiger partial charge is 0.507 e. The third-order valence-corrected chi connectivity index (χ3v) is 2.83. The van der Waals surface area contributed by atoms with Gasteiger partial charge in [-0.3, -0.25) is 4.79 Å². The van der Waals surface area contributed by atoms with E-state index >= 15 is 0 Å². The van der Waals surface area contributed by atoms with Crippen LogP contribution in [0.15, 0.2) is 18.2 Å². The highest BCUT2D eigenvalue weighted by Gasteiger charge is 2.33. The molecule has 6 heteroatoms. The van der Waals surface area contributed by atoms with Gasteiger partial charge in [-0.15, -0.1) is 0 Å². The zero-order valence-electron chi connectivity index (χ0n) is 10.9. The number of nitrogens with one attached hydrogen (secondary N) is 1. The second kappa shape index (κ2) is 5.48. The molecule has 0 bridgehead atoms. The Morgan fingerprint density at radius 3 is 2.37 bits per heavy atom. The molecule has 1 rings (SSSR count). The van der Waals surface area contributed by atoms with E-state index in [0.717, 1.165) is 0 Å². The van der Waals surface area contributed by atoms with Gasteiger partial charge in [0.15, 0.2) is 0 Å². The van der Waals surface area contributed by atoms with Crippen molar-refractivity contribution >= 4 is 23.5 Å². The molecule has 1 atom stereocenters. The Bertz CT molecular complexity index is 508. The van der Waals surface area contributed by atoms with Crippen LogP contribution in [0.2, 0.25) is 5.02 Å². The van der Waals surface area contributed by atoms with Crippen LogP contribution in [0.1, 0.15) is 31.1 Å².